The molecule has 0 radical (unpaired) electrons. The van der Waals surface area contributed by atoms with E-state index in [-0.39, 0.29) is 12.3 Å². The number of hydrogen-bond acceptors (Lipinski definition) is 2. The molecule has 104 valence electrons. The molecule has 2 aromatic carbocycles. The topological polar surface area (TPSA) is 34.9 Å². The van der Waals surface area contributed by atoms with Gasteiger partial charge >= 0.3 is 0 Å². The van der Waals surface area contributed by atoms with E-state index < -0.39 is 0 Å². The van der Waals surface area contributed by atoms with Crippen molar-refractivity contribution in [2.75, 3.05) is 0 Å². The van der Waals surface area contributed by atoms with Crippen molar-refractivity contribution in [1.82, 2.24) is 9.78 Å². The van der Waals surface area contributed by atoms with E-state index in [2.05, 4.69) is 21.0 Å². The van der Waals surface area contributed by atoms with Gasteiger partial charge in [0, 0.05) is 21.8 Å². The Balaban J connectivity index is 1.77. The minimum Gasteiger partial charge on any atom is -0.292 e. The maximum Gasteiger partial charge on any atom is 0.184 e. The first-order chi connectivity index (χ1) is 10.2. The number of nitrogens with zero attached hydrogens (tertiary/aromatic N) is 2. The van der Waals surface area contributed by atoms with Gasteiger partial charge in [0.25, 0.3) is 0 Å². The summed E-state index contributed by atoms with van der Waals surface area (Å²) >= 11 is 3.38. The third-order valence-corrected chi connectivity index (χ3v) is 3.69. The van der Waals surface area contributed by atoms with Crippen molar-refractivity contribution in [2.45, 2.75) is 6.54 Å². The standard InChI is InChI=1S/C17H13BrN2O/c18-16-8-4-7-14(9-16)17(21)12-20-11-15(10-19-20)13-5-2-1-3-6-13/h1-11H,12H2. The molecule has 0 spiro atoms. The zero-order valence-electron chi connectivity index (χ0n) is 11.2. The summed E-state index contributed by atoms with van der Waals surface area (Å²) in [6.07, 6.45) is 3.68. The normalized spacial score (nSPS) is 10.5. The van der Waals surface area contributed by atoms with Crippen molar-refractivity contribution >= 4 is 21.7 Å². The van der Waals surface area contributed by atoms with E-state index in [1.54, 1.807) is 10.9 Å². The molecule has 21 heavy (non-hydrogen) atoms. The number of aromatic nitrogens is 2. The molecule has 0 unspecified atom stereocenters. The highest BCUT2D eigenvalue weighted by Crippen LogP contribution is 2.18. The predicted octanol–water partition coefficient (Wildman–Crippen LogP) is 4.20. The van der Waals surface area contributed by atoms with Crippen LogP contribution in [0.4, 0.5) is 0 Å². The summed E-state index contributed by atoms with van der Waals surface area (Å²) in [6.45, 7) is 0.239. The molecule has 1 heterocycles. The van der Waals surface area contributed by atoms with Gasteiger partial charge in [0.05, 0.1) is 6.20 Å². The number of carbonyl (C=O) groups excluding carboxylic acids is 1. The van der Waals surface area contributed by atoms with Crippen LogP contribution in [-0.4, -0.2) is 15.6 Å². The summed E-state index contributed by atoms with van der Waals surface area (Å²) in [5.41, 5.74) is 2.79. The quantitative estimate of drug-likeness (QED) is 0.667. The summed E-state index contributed by atoms with van der Waals surface area (Å²) in [4.78, 5) is 12.2. The van der Waals surface area contributed by atoms with Gasteiger partial charge in [-0.25, -0.2) is 0 Å². The Labute approximate surface area is 131 Å². The van der Waals surface area contributed by atoms with Crippen LogP contribution in [0, 0.1) is 0 Å². The molecule has 0 aliphatic heterocycles. The fourth-order valence-corrected chi connectivity index (χ4v) is 2.53. The molecule has 3 aromatic rings. The van der Waals surface area contributed by atoms with Crippen LogP contribution >= 0.6 is 15.9 Å². The van der Waals surface area contributed by atoms with Crippen molar-refractivity contribution in [3.8, 4) is 11.1 Å². The van der Waals surface area contributed by atoms with E-state index >= 15 is 0 Å². The molecule has 0 saturated heterocycles. The zero-order chi connectivity index (χ0) is 14.7. The summed E-state index contributed by atoms with van der Waals surface area (Å²) < 4.78 is 2.57. The summed E-state index contributed by atoms with van der Waals surface area (Å²) in [6, 6.07) is 17.4. The molecule has 0 N–H and O–H groups in total. The van der Waals surface area contributed by atoms with Crippen LogP contribution in [0.3, 0.4) is 0 Å². The van der Waals surface area contributed by atoms with Crippen LogP contribution < -0.4 is 0 Å². The van der Waals surface area contributed by atoms with E-state index in [9.17, 15) is 4.79 Å². The average molecular weight is 341 g/mol. The highest BCUT2D eigenvalue weighted by atomic mass is 79.9. The maximum absolute atomic E-state index is 12.2. The van der Waals surface area contributed by atoms with Gasteiger partial charge in [0.15, 0.2) is 5.78 Å². The van der Waals surface area contributed by atoms with Crippen LogP contribution in [0.15, 0.2) is 71.5 Å². The Hall–Kier alpha value is -2.20. The van der Waals surface area contributed by atoms with Crippen molar-refractivity contribution in [3.63, 3.8) is 0 Å². The van der Waals surface area contributed by atoms with Crippen LogP contribution in [0.5, 0.6) is 0 Å². The Morgan fingerprint density at radius 2 is 1.86 bits per heavy atom. The first-order valence-electron chi connectivity index (χ1n) is 6.59. The molecular formula is C17H13BrN2O. The van der Waals surface area contributed by atoms with Crippen molar-refractivity contribution in [2.24, 2.45) is 0 Å². The lowest BCUT2D eigenvalue weighted by atomic mass is 10.1. The number of hydrogen-bond donors (Lipinski definition) is 0. The lowest BCUT2D eigenvalue weighted by molar-refractivity contribution is 0.0967. The van der Waals surface area contributed by atoms with Crippen molar-refractivity contribution < 1.29 is 4.79 Å². The molecule has 0 aliphatic rings. The molecule has 1 aromatic heterocycles. The zero-order valence-corrected chi connectivity index (χ0v) is 12.8. The Morgan fingerprint density at radius 3 is 2.62 bits per heavy atom. The number of halogens is 1. The Kier molecular flexibility index (Phi) is 3.97. The smallest absolute Gasteiger partial charge is 0.184 e. The molecule has 0 saturated carbocycles. The van der Waals surface area contributed by atoms with Crippen LogP contribution in [0.2, 0.25) is 0 Å². The molecule has 0 amide bonds. The molecule has 0 bridgehead atoms. The second-order valence-electron chi connectivity index (χ2n) is 4.73. The second kappa shape index (κ2) is 6.06. The molecule has 0 atom stereocenters. The Bertz CT molecular complexity index is 765. The average Bonchev–Trinajstić information content (AvgIpc) is 2.97. The third-order valence-electron chi connectivity index (χ3n) is 3.19. The van der Waals surface area contributed by atoms with E-state index in [4.69, 9.17) is 0 Å². The summed E-state index contributed by atoms with van der Waals surface area (Å²) in [7, 11) is 0. The molecule has 3 rings (SSSR count). The largest absolute Gasteiger partial charge is 0.292 e. The van der Waals surface area contributed by atoms with Gasteiger partial charge in [-0.05, 0) is 17.7 Å². The first kappa shape index (κ1) is 13.8. The molecule has 0 fully saturated rings. The van der Waals surface area contributed by atoms with Crippen molar-refractivity contribution in [1.29, 1.82) is 0 Å². The SMILES string of the molecule is O=C(Cn1cc(-c2ccccc2)cn1)c1cccc(Br)c1. The number of benzene rings is 2. The summed E-state index contributed by atoms with van der Waals surface area (Å²) in [5.74, 6) is 0.0408. The van der Waals surface area contributed by atoms with E-state index in [1.165, 1.54) is 0 Å². The monoisotopic (exact) mass is 340 g/mol. The molecular weight excluding hydrogens is 328 g/mol. The Morgan fingerprint density at radius 1 is 1.05 bits per heavy atom. The number of carbonyl (C=O) groups is 1. The van der Waals surface area contributed by atoms with Crippen molar-refractivity contribution in [3.05, 3.63) is 77.0 Å². The number of Topliss-reactive ketones (excluding diaryl/α,β-unsaturated/α-hetero) is 1. The van der Waals surface area contributed by atoms with Gasteiger partial charge in [-0.15, -0.1) is 0 Å². The summed E-state index contributed by atoms with van der Waals surface area (Å²) in [5, 5.41) is 4.26. The highest BCUT2D eigenvalue weighted by molar-refractivity contribution is 9.10. The predicted molar refractivity (Wildman–Crippen MR) is 86.1 cm³/mol. The lowest BCUT2D eigenvalue weighted by Crippen LogP contribution is -2.10. The van der Waals surface area contributed by atoms with E-state index in [0.717, 1.165) is 15.6 Å². The lowest BCUT2D eigenvalue weighted by Gasteiger charge is -2.02. The third kappa shape index (κ3) is 3.28. The maximum atomic E-state index is 12.2. The van der Waals surface area contributed by atoms with Gasteiger partial charge in [-0.1, -0.05) is 58.4 Å². The van der Waals surface area contributed by atoms with Crippen LogP contribution in [-0.2, 0) is 6.54 Å². The number of rotatable bonds is 4. The first-order valence-corrected chi connectivity index (χ1v) is 7.38. The minimum atomic E-state index is 0.0408. The molecule has 3 nitrogen and oxygen atoms in total. The second-order valence-corrected chi connectivity index (χ2v) is 5.64. The van der Waals surface area contributed by atoms with Gasteiger partial charge in [-0.3, -0.25) is 9.48 Å². The fourth-order valence-electron chi connectivity index (χ4n) is 2.13. The van der Waals surface area contributed by atoms with E-state index in [1.807, 2.05) is 60.8 Å². The minimum absolute atomic E-state index is 0.0408. The van der Waals surface area contributed by atoms with Gasteiger partial charge in [0.2, 0.25) is 0 Å². The number of ketones is 1. The molecule has 4 heteroatoms. The van der Waals surface area contributed by atoms with E-state index in [0.29, 0.717) is 5.56 Å². The van der Waals surface area contributed by atoms with Crippen LogP contribution in [0.1, 0.15) is 10.4 Å². The van der Waals surface area contributed by atoms with Gasteiger partial charge < -0.3 is 0 Å². The molecule has 0 aliphatic carbocycles. The van der Waals surface area contributed by atoms with Gasteiger partial charge in [-0.2, -0.15) is 5.10 Å². The fraction of sp³-hybridized carbons (Fsp3) is 0.0588. The van der Waals surface area contributed by atoms with Crippen LogP contribution in [0.25, 0.3) is 11.1 Å². The van der Waals surface area contributed by atoms with Gasteiger partial charge in [0.1, 0.15) is 6.54 Å². The highest BCUT2D eigenvalue weighted by Gasteiger charge is 2.09.